The summed E-state index contributed by atoms with van der Waals surface area (Å²) in [4.78, 5) is 12.0. The van der Waals surface area contributed by atoms with E-state index in [4.69, 9.17) is 10.5 Å². The minimum atomic E-state index is 0.0994. The highest BCUT2D eigenvalue weighted by atomic mass is 16.5. The third kappa shape index (κ3) is 5.04. The van der Waals surface area contributed by atoms with Crippen molar-refractivity contribution in [3.63, 3.8) is 0 Å². The number of ether oxygens (including phenoxy) is 1. The van der Waals surface area contributed by atoms with E-state index in [9.17, 15) is 4.79 Å². The maximum atomic E-state index is 12.0. The highest BCUT2D eigenvalue weighted by Gasteiger charge is 2.27. The minimum Gasteiger partial charge on any atom is -0.383 e. The molecule has 0 aromatic carbocycles. The van der Waals surface area contributed by atoms with Crippen LogP contribution >= 0.6 is 0 Å². The van der Waals surface area contributed by atoms with E-state index in [0.29, 0.717) is 12.5 Å². The molecule has 100 valence electrons. The molecule has 3 atom stereocenters. The van der Waals surface area contributed by atoms with Crippen LogP contribution in [0.1, 0.15) is 39.0 Å². The van der Waals surface area contributed by atoms with Gasteiger partial charge in [-0.25, -0.2) is 0 Å². The van der Waals surface area contributed by atoms with Gasteiger partial charge in [-0.3, -0.25) is 4.79 Å². The van der Waals surface area contributed by atoms with E-state index in [-0.39, 0.29) is 17.9 Å². The largest absolute Gasteiger partial charge is 0.383 e. The van der Waals surface area contributed by atoms with Gasteiger partial charge in [0.1, 0.15) is 0 Å². The fourth-order valence-electron chi connectivity index (χ4n) is 2.68. The fraction of sp³-hybridized carbons (Fsp3) is 0.923. The number of hydrogen-bond donors (Lipinski definition) is 2. The first-order chi connectivity index (χ1) is 8.17. The maximum absolute atomic E-state index is 12.0. The Kier molecular flexibility index (Phi) is 6.52. The average Bonchev–Trinajstić information content (AvgIpc) is 2.30. The van der Waals surface area contributed by atoms with Crippen molar-refractivity contribution in [1.82, 2.24) is 5.32 Å². The molecule has 4 nitrogen and oxygen atoms in total. The molecule has 1 aliphatic rings. The van der Waals surface area contributed by atoms with Crippen LogP contribution in [0.25, 0.3) is 0 Å². The van der Waals surface area contributed by atoms with Crippen molar-refractivity contribution in [2.75, 3.05) is 20.3 Å². The molecule has 0 aromatic rings. The fourth-order valence-corrected chi connectivity index (χ4v) is 2.68. The normalized spacial score (nSPS) is 26.5. The summed E-state index contributed by atoms with van der Waals surface area (Å²) in [5.41, 5.74) is 5.58. The van der Waals surface area contributed by atoms with E-state index < -0.39 is 0 Å². The summed E-state index contributed by atoms with van der Waals surface area (Å²) in [6.07, 6.45) is 5.46. The van der Waals surface area contributed by atoms with Gasteiger partial charge in [0.25, 0.3) is 0 Å². The van der Waals surface area contributed by atoms with Gasteiger partial charge in [0.05, 0.1) is 6.61 Å². The first-order valence-electron chi connectivity index (χ1n) is 6.66. The number of nitrogens with one attached hydrogen (secondary N) is 1. The molecule has 1 fully saturated rings. The van der Waals surface area contributed by atoms with Crippen LogP contribution < -0.4 is 11.1 Å². The Bertz CT molecular complexity index is 231. The molecule has 1 amide bonds. The Labute approximate surface area is 104 Å². The quantitative estimate of drug-likeness (QED) is 0.737. The Morgan fingerprint density at radius 3 is 2.94 bits per heavy atom. The molecule has 3 N–H and O–H groups in total. The van der Waals surface area contributed by atoms with E-state index in [0.717, 1.165) is 32.2 Å². The predicted octanol–water partition coefficient (Wildman–Crippen LogP) is 1.29. The average molecular weight is 242 g/mol. The highest BCUT2D eigenvalue weighted by molar-refractivity contribution is 5.79. The zero-order chi connectivity index (χ0) is 12.7. The summed E-state index contributed by atoms with van der Waals surface area (Å²) >= 11 is 0. The van der Waals surface area contributed by atoms with Crippen LogP contribution in [0.5, 0.6) is 0 Å². The van der Waals surface area contributed by atoms with Gasteiger partial charge in [0.2, 0.25) is 5.91 Å². The minimum absolute atomic E-state index is 0.0994. The predicted molar refractivity (Wildman–Crippen MR) is 68.6 cm³/mol. The topological polar surface area (TPSA) is 64.3 Å². The van der Waals surface area contributed by atoms with Crippen LogP contribution in [0.3, 0.4) is 0 Å². The lowest BCUT2D eigenvalue weighted by Gasteiger charge is -2.29. The zero-order valence-electron chi connectivity index (χ0n) is 11.1. The van der Waals surface area contributed by atoms with E-state index in [1.54, 1.807) is 7.11 Å². The SMILES string of the molecule is COCC(C)NC(=O)C1CCCC(CCN)C1. The number of amides is 1. The monoisotopic (exact) mass is 242 g/mol. The number of carbonyl (C=O) groups excluding carboxylic acids is 1. The van der Waals surface area contributed by atoms with E-state index in [2.05, 4.69) is 5.32 Å². The Hall–Kier alpha value is -0.610. The van der Waals surface area contributed by atoms with Crippen molar-refractivity contribution in [2.24, 2.45) is 17.6 Å². The molecule has 3 unspecified atom stereocenters. The van der Waals surface area contributed by atoms with E-state index in [1.807, 2.05) is 6.92 Å². The summed E-state index contributed by atoms with van der Waals surface area (Å²) in [5, 5.41) is 3.02. The van der Waals surface area contributed by atoms with Gasteiger partial charge >= 0.3 is 0 Å². The van der Waals surface area contributed by atoms with Crippen LogP contribution in [-0.2, 0) is 9.53 Å². The zero-order valence-corrected chi connectivity index (χ0v) is 11.1. The maximum Gasteiger partial charge on any atom is 0.223 e. The van der Waals surface area contributed by atoms with E-state index in [1.165, 1.54) is 6.42 Å². The van der Waals surface area contributed by atoms with Crippen molar-refractivity contribution in [3.8, 4) is 0 Å². The molecule has 1 rings (SSSR count). The second-order valence-corrected chi connectivity index (χ2v) is 5.17. The second kappa shape index (κ2) is 7.67. The van der Waals surface area contributed by atoms with Gasteiger partial charge in [0, 0.05) is 19.1 Å². The summed E-state index contributed by atoms with van der Waals surface area (Å²) < 4.78 is 5.02. The standard InChI is InChI=1S/C13H26N2O2/c1-10(9-17-2)15-13(16)12-5-3-4-11(8-12)6-7-14/h10-12H,3-9,14H2,1-2H3,(H,15,16). The number of methoxy groups -OCH3 is 1. The van der Waals surface area contributed by atoms with Crippen LogP contribution in [-0.4, -0.2) is 32.2 Å². The first-order valence-corrected chi connectivity index (χ1v) is 6.66. The molecule has 0 saturated heterocycles. The summed E-state index contributed by atoms with van der Waals surface area (Å²) in [7, 11) is 1.65. The summed E-state index contributed by atoms with van der Waals surface area (Å²) in [6, 6.07) is 0.0994. The van der Waals surface area contributed by atoms with Gasteiger partial charge in [-0.1, -0.05) is 12.8 Å². The molecule has 0 radical (unpaired) electrons. The first kappa shape index (κ1) is 14.5. The lowest BCUT2D eigenvalue weighted by Crippen LogP contribution is -2.41. The summed E-state index contributed by atoms with van der Waals surface area (Å²) in [6.45, 7) is 3.28. The van der Waals surface area contributed by atoms with Crippen LogP contribution in [0, 0.1) is 11.8 Å². The molecular weight excluding hydrogens is 216 g/mol. The molecule has 4 heteroatoms. The lowest BCUT2D eigenvalue weighted by atomic mass is 9.79. The molecule has 1 saturated carbocycles. The summed E-state index contributed by atoms with van der Waals surface area (Å²) in [5.74, 6) is 1.01. The molecule has 0 spiro atoms. The van der Waals surface area contributed by atoms with Gasteiger partial charge in [0.15, 0.2) is 0 Å². The van der Waals surface area contributed by atoms with Gasteiger partial charge in [-0.2, -0.15) is 0 Å². The molecule has 17 heavy (non-hydrogen) atoms. The second-order valence-electron chi connectivity index (χ2n) is 5.17. The third-order valence-electron chi connectivity index (χ3n) is 3.53. The van der Waals surface area contributed by atoms with Crippen LogP contribution in [0.15, 0.2) is 0 Å². The Morgan fingerprint density at radius 2 is 2.29 bits per heavy atom. The molecule has 1 aliphatic carbocycles. The van der Waals surface area contributed by atoms with E-state index >= 15 is 0 Å². The van der Waals surface area contributed by atoms with Gasteiger partial charge in [-0.15, -0.1) is 0 Å². The van der Waals surface area contributed by atoms with Crippen molar-refractivity contribution >= 4 is 5.91 Å². The molecule has 0 bridgehead atoms. The third-order valence-corrected chi connectivity index (χ3v) is 3.53. The molecule has 0 heterocycles. The number of hydrogen-bond acceptors (Lipinski definition) is 3. The Balaban J connectivity index is 2.35. The van der Waals surface area contributed by atoms with Crippen LogP contribution in [0.2, 0.25) is 0 Å². The van der Waals surface area contributed by atoms with Crippen molar-refractivity contribution < 1.29 is 9.53 Å². The Morgan fingerprint density at radius 1 is 1.53 bits per heavy atom. The van der Waals surface area contributed by atoms with Gasteiger partial charge < -0.3 is 15.8 Å². The lowest BCUT2D eigenvalue weighted by molar-refractivity contribution is -0.127. The molecule has 0 aliphatic heterocycles. The van der Waals surface area contributed by atoms with Crippen molar-refractivity contribution in [3.05, 3.63) is 0 Å². The smallest absolute Gasteiger partial charge is 0.223 e. The number of rotatable bonds is 6. The number of nitrogens with two attached hydrogens (primary N) is 1. The number of carbonyl (C=O) groups is 1. The highest BCUT2D eigenvalue weighted by Crippen LogP contribution is 2.30. The van der Waals surface area contributed by atoms with Crippen molar-refractivity contribution in [1.29, 1.82) is 0 Å². The van der Waals surface area contributed by atoms with Gasteiger partial charge in [-0.05, 0) is 38.6 Å². The molecular formula is C13H26N2O2. The van der Waals surface area contributed by atoms with Crippen LogP contribution in [0.4, 0.5) is 0 Å². The van der Waals surface area contributed by atoms with Crippen molar-refractivity contribution in [2.45, 2.75) is 45.1 Å². The molecule has 0 aromatic heterocycles.